The number of nitrogens with zero attached hydrogens (tertiary/aromatic N) is 2. The molecule has 2 N–H and O–H groups in total. The molecule has 2 unspecified atom stereocenters. The third kappa shape index (κ3) is 4.26. The Morgan fingerprint density at radius 3 is 2.53 bits per heavy atom. The van der Waals surface area contributed by atoms with Gasteiger partial charge in [0.1, 0.15) is 0 Å². The van der Waals surface area contributed by atoms with Gasteiger partial charge < -0.3 is 15.4 Å². The van der Waals surface area contributed by atoms with Crippen LogP contribution in [-0.2, 0) is 9.53 Å². The molecule has 0 saturated carbocycles. The maximum atomic E-state index is 12.2. The molecule has 5 heteroatoms. The summed E-state index contributed by atoms with van der Waals surface area (Å²) in [7, 11) is 1.98. The first-order valence-corrected chi connectivity index (χ1v) is 6.33. The van der Waals surface area contributed by atoms with Crippen molar-refractivity contribution in [2.75, 3.05) is 46.4 Å². The van der Waals surface area contributed by atoms with Crippen LogP contribution in [0.25, 0.3) is 0 Å². The van der Waals surface area contributed by atoms with Crippen molar-refractivity contribution >= 4 is 5.91 Å². The van der Waals surface area contributed by atoms with Gasteiger partial charge in [-0.3, -0.25) is 9.69 Å². The Morgan fingerprint density at radius 2 is 2.00 bits per heavy atom. The second-order valence-electron chi connectivity index (χ2n) is 4.89. The van der Waals surface area contributed by atoms with E-state index >= 15 is 0 Å². The first-order valence-electron chi connectivity index (χ1n) is 6.33. The number of nitrogens with two attached hydrogens (primary N) is 1. The summed E-state index contributed by atoms with van der Waals surface area (Å²) in [6.07, 6.45) is 0. The average molecular weight is 243 g/mol. The minimum absolute atomic E-state index is 0.0814. The molecule has 1 fully saturated rings. The lowest BCUT2D eigenvalue weighted by atomic mass is 10.1. The van der Waals surface area contributed by atoms with Gasteiger partial charge in [0.05, 0.1) is 19.3 Å². The van der Waals surface area contributed by atoms with E-state index in [1.807, 2.05) is 18.9 Å². The molecular formula is C12H25N3O2. The lowest BCUT2D eigenvalue weighted by molar-refractivity contribution is -0.140. The normalized spacial score (nSPS) is 20.4. The quantitative estimate of drug-likeness (QED) is 0.724. The summed E-state index contributed by atoms with van der Waals surface area (Å²) in [4.78, 5) is 16.2. The maximum Gasteiger partial charge on any atom is 0.239 e. The topological polar surface area (TPSA) is 58.8 Å². The number of hydrogen-bond acceptors (Lipinski definition) is 4. The highest BCUT2D eigenvalue weighted by Gasteiger charge is 2.25. The fourth-order valence-corrected chi connectivity index (χ4v) is 1.96. The summed E-state index contributed by atoms with van der Waals surface area (Å²) in [5.74, 6) is 0.611. The third-order valence-electron chi connectivity index (χ3n) is 3.34. The summed E-state index contributed by atoms with van der Waals surface area (Å²) in [6.45, 7) is 8.30. The Bertz CT molecular complexity index is 242. The minimum Gasteiger partial charge on any atom is -0.378 e. The molecule has 17 heavy (non-hydrogen) atoms. The molecule has 1 heterocycles. The van der Waals surface area contributed by atoms with Crippen LogP contribution in [0.15, 0.2) is 0 Å². The van der Waals surface area contributed by atoms with Crippen molar-refractivity contribution in [1.82, 2.24) is 9.80 Å². The van der Waals surface area contributed by atoms with Gasteiger partial charge in [0.2, 0.25) is 5.91 Å². The van der Waals surface area contributed by atoms with E-state index in [1.165, 1.54) is 0 Å². The fourth-order valence-electron chi connectivity index (χ4n) is 1.96. The van der Waals surface area contributed by atoms with Crippen LogP contribution >= 0.6 is 0 Å². The van der Waals surface area contributed by atoms with E-state index in [0.29, 0.717) is 38.8 Å². The molecule has 0 aromatic carbocycles. The average Bonchev–Trinajstić information content (AvgIpc) is 2.37. The second kappa shape index (κ2) is 6.93. The molecule has 1 rings (SSSR count). The molecule has 0 radical (unpaired) electrons. The first kappa shape index (κ1) is 14.4. The largest absolute Gasteiger partial charge is 0.378 e. The van der Waals surface area contributed by atoms with E-state index in [9.17, 15) is 4.79 Å². The van der Waals surface area contributed by atoms with Gasteiger partial charge in [0, 0.05) is 19.6 Å². The van der Waals surface area contributed by atoms with Crippen LogP contribution in [0, 0.1) is 5.92 Å². The first-order chi connectivity index (χ1) is 8.06. The Morgan fingerprint density at radius 1 is 1.41 bits per heavy atom. The number of carbonyl (C=O) groups excluding carboxylic acids is 1. The molecule has 1 saturated heterocycles. The second-order valence-corrected chi connectivity index (χ2v) is 4.89. The van der Waals surface area contributed by atoms with Gasteiger partial charge in [-0.05, 0) is 26.4 Å². The predicted octanol–water partition coefficient (Wildman–Crippen LogP) is -0.240. The molecule has 2 atom stereocenters. The molecule has 0 aromatic heterocycles. The van der Waals surface area contributed by atoms with Gasteiger partial charge in [-0.2, -0.15) is 0 Å². The van der Waals surface area contributed by atoms with Crippen molar-refractivity contribution in [1.29, 1.82) is 0 Å². The smallest absolute Gasteiger partial charge is 0.239 e. The van der Waals surface area contributed by atoms with Gasteiger partial charge in [-0.25, -0.2) is 0 Å². The van der Waals surface area contributed by atoms with E-state index in [4.69, 9.17) is 10.5 Å². The zero-order valence-electron chi connectivity index (χ0n) is 11.2. The van der Waals surface area contributed by atoms with Crippen LogP contribution in [0.3, 0.4) is 0 Å². The fraction of sp³-hybridized carbons (Fsp3) is 0.917. The van der Waals surface area contributed by atoms with Crippen molar-refractivity contribution in [3.8, 4) is 0 Å². The lowest BCUT2D eigenvalue weighted by Crippen LogP contribution is -2.50. The molecule has 0 spiro atoms. The van der Waals surface area contributed by atoms with E-state index in [-0.39, 0.29) is 11.9 Å². The monoisotopic (exact) mass is 243 g/mol. The van der Waals surface area contributed by atoms with Crippen molar-refractivity contribution in [3.63, 3.8) is 0 Å². The van der Waals surface area contributed by atoms with Crippen LogP contribution in [0.5, 0.6) is 0 Å². The van der Waals surface area contributed by atoms with Gasteiger partial charge in [-0.1, -0.05) is 6.92 Å². The highest BCUT2D eigenvalue weighted by atomic mass is 16.5. The molecule has 0 aromatic rings. The zero-order chi connectivity index (χ0) is 12.8. The molecule has 0 aliphatic carbocycles. The third-order valence-corrected chi connectivity index (χ3v) is 3.34. The molecule has 0 bridgehead atoms. The van der Waals surface area contributed by atoms with Crippen molar-refractivity contribution in [2.24, 2.45) is 11.7 Å². The van der Waals surface area contributed by atoms with E-state index in [0.717, 1.165) is 6.54 Å². The van der Waals surface area contributed by atoms with Gasteiger partial charge in [0.25, 0.3) is 0 Å². The number of rotatable bonds is 5. The summed E-state index contributed by atoms with van der Waals surface area (Å²) in [5, 5.41) is 0. The molecule has 1 aliphatic heterocycles. The van der Waals surface area contributed by atoms with Gasteiger partial charge in [-0.15, -0.1) is 0 Å². The van der Waals surface area contributed by atoms with Crippen molar-refractivity contribution in [2.45, 2.75) is 19.9 Å². The lowest BCUT2D eigenvalue weighted by Gasteiger charge is -2.33. The van der Waals surface area contributed by atoms with E-state index in [2.05, 4.69) is 11.8 Å². The van der Waals surface area contributed by atoms with E-state index in [1.54, 1.807) is 0 Å². The Hall–Kier alpha value is -0.650. The molecular weight excluding hydrogens is 218 g/mol. The van der Waals surface area contributed by atoms with Crippen LogP contribution in [0.1, 0.15) is 13.8 Å². The number of ether oxygens (including phenoxy) is 1. The van der Waals surface area contributed by atoms with Gasteiger partial charge in [0.15, 0.2) is 0 Å². The minimum atomic E-state index is -0.0814. The summed E-state index contributed by atoms with van der Waals surface area (Å²) in [6, 6.07) is -0.0814. The molecule has 5 nitrogen and oxygen atoms in total. The Balaban J connectivity index is 2.44. The van der Waals surface area contributed by atoms with Crippen LogP contribution in [0.4, 0.5) is 0 Å². The Labute approximate surface area is 104 Å². The van der Waals surface area contributed by atoms with E-state index < -0.39 is 0 Å². The number of hydrogen-bond donors (Lipinski definition) is 1. The number of morpholine rings is 1. The van der Waals surface area contributed by atoms with Gasteiger partial charge >= 0.3 is 0 Å². The summed E-state index contributed by atoms with van der Waals surface area (Å²) < 4.78 is 5.25. The van der Waals surface area contributed by atoms with Crippen molar-refractivity contribution < 1.29 is 9.53 Å². The highest BCUT2D eigenvalue weighted by Crippen LogP contribution is 2.07. The molecule has 1 amide bonds. The van der Waals surface area contributed by atoms with Crippen molar-refractivity contribution in [3.05, 3.63) is 0 Å². The number of amides is 1. The van der Waals surface area contributed by atoms with Crippen LogP contribution in [0.2, 0.25) is 0 Å². The Kier molecular flexibility index (Phi) is 5.88. The maximum absolute atomic E-state index is 12.2. The summed E-state index contributed by atoms with van der Waals surface area (Å²) in [5.41, 5.74) is 5.60. The number of carbonyl (C=O) groups is 1. The van der Waals surface area contributed by atoms with Crippen LogP contribution in [-0.4, -0.2) is 68.2 Å². The summed E-state index contributed by atoms with van der Waals surface area (Å²) >= 11 is 0. The number of likely N-dealkylation sites (N-methyl/N-ethyl adjacent to an activating group) is 1. The SMILES string of the molecule is CC(CN)CN(C)C(C)C(=O)N1CCOCC1. The molecule has 100 valence electrons. The zero-order valence-corrected chi connectivity index (χ0v) is 11.2. The molecule has 1 aliphatic rings. The standard InChI is InChI=1S/C12H25N3O2/c1-10(8-13)9-14(3)11(2)12(16)15-4-6-17-7-5-15/h10-11H,4-9,13H2,1-3H3. The highest BCUT2D eigenvalue weighted by molar-refractivity contribution is 5.81. The van der Waals surface area contributed by atoms with Crippen LogP contribution < -0.4 is 5.73 Å². The predicted molar refractivity (Wildman–Crippen MR) is 67.7 cm³/mol.